The van der Waals surface area contributed by atoms with Crippen molar-refractivity contribution in [3.63, 3.8) is 0 Å². The van der Waals surface area contributed by atoms with Crippen LogP contribution < -0.4 is 15.0 Å². The number of rotatable bonds is 6. The fraction of sp³-hybridized carbons (Fsp3) is 0.278. The Morgan fingerprint density at radius 3 is 2.58 bits per heavy atom. The molecule has 0 aromatic heterocycles. The predicted octanol–water partition coefficient (Wildman–Crippen LogP) is 2.70. The monoisotopic (exact) mass is 351 g/mol. The minimum absolute atomic E-state index is 0.0533. The van der Waals surface area contributed by atoms with Gasteiger partial charge in [0.1, 0.15) is 17.6 Å². The molecule has 2 aromatic rings. The molecule has 1 amide bonds. The van der Waals surface area contributed by atoms with E-state index in [2.05, 4.69) is 5.32 Å². The number of carbonyl (C=O) groups excluding carboxylic acids is 1. The van der Waals surface area contributed by atoms with E-state index in [1.807, 2.05) is 14.0 Å². The van der Waals surface area contributed by atoms with Crippen molar-refractivity contribution in [2.75, 3.05) is 26.0 Å². The van der Waals surface area contributed by atoms with Crippen LogP contribution in [0.3, 0.4) is 0 Å². The molecular weight excluding hydrogens is 331 g/mol. The van der Waals surface area contributed by atoms with Gasteiger partial charge in [-0.3, -0.25) is 4.79 Å². The van der Waals surface area contributed by atoms with E-state index in [0.29, 0.717) is 16.5 Å². The maximum Gasteiger partial charge on any atom is 0.279 e. The normalized spacial score (nSPS) is 13.2. The highest BCUT2D eigenvalue weighted by Crippen LogP contribution is 2.27. The molecule has 1 unspecified atom stereocenters. The van der Waals surface area contributed by atoms with Gasteiger partial charge in [0.15, 0.2) is 6.54 Å². The van der Waals surface area contributed by atoms with Crippen molar-refractivity contribution in [3.05, 3.63) is 58.9 Å². The van der Waals surface area contributed by atoms with Crippen LogP contribution in [0, 0.1) is 5.82 Å². The van der Waals surface area contributed by atoms with E-state index in [4.69, 9.17) is 16.3 Å². The first-order valence-corrected chi connectivity index (χ1v) is 7.99. The van der Waals surface area contributed by atoms with Gasteiger partial charge in [0, 0.05) is 10.6 Å². The number of carbonyl (C=O) groups is 1. The molecule has 4 nitrogen and oxygen atoms in total. The molecule has 0 radical (unpaired) electrons. The van der Waals surface area contributed by atoms with Crippen LogP contribution >= 0.6 is 11.6 Å². The van der Waals surface area contributed by atoms with Gasteiger partial charge in [-0.1, -0.05) is 23.7 Å². The number of amides is 1. The summed E-state index contributed by atoms with van der Waals surface area (Å²) in [6.45, 7) is 2.25. The molecule has 24 heavy (non-hydrogen) atoms. The van der Waals surface area contributed by atoms with Crippen LogP contribution in [-0.2, 0) is 4.79 Å². The lowest BCUT2D eigenvalue weighted by Gasteiger charge is -2.22. The van der Waals surface area contributed by atoms with Crippen LogP contribution in [0.2, 0.25) is 5.02 Å². The minimum atomic E-state index is -0.269. The van der Waals surface area contributed by atoms with E-state index in [1.54, 1.807) is 30.3 Å². The zero-order valence-electron chi connectivity index (χ0n) is 13.9. The van der Waals surface area contributed by atoms with E-state index in [0.717, 1.165) is 10.5 Å². The summed E-state index contributed by atoms with van der Waals surface area (Å²) in [5.74, 6) is 0.133. The van der Waals surface area contributed by atoms with Gasteiger partial charge in [-0.25, -0.2) is 4.39 Å². The molecule has 2 rings (SSSR count). The minimum Gasteiger partial charge on any atom is -0.495 e. The first kappa shape index (κ1) is 18.2. The number of halogens is 2. The maximum absolute atomic E-state index is 13.0. The Balaban J connectivity index is 2.01. The number of hydrogen-bond donors (Lipinski definition) is 2. The van der Waals surface area contributed by atoms with Crippen molar-refractivity contribution in [1.29, 1.82) is 0 Å². The number of quaternary nitrogens is 1. The predicted molar refractivity (Wildman–Crippen MR) is 93.2 cm³/mol. The van der Waals surface area contributed by atoms with Gasteiger partial charge < -0.3 is 15.0 Å². The fourth-order valence-electron chi connectivity index (χ4n) is 2.41. The van der Waals surface area contributed by atoms with Crippen molar-refractivity contribution in [2.24, 2.45) is 0 Å². The molecule has 2 aromatic carbocycles. The van der Waals surface area contributed by atoms with Crippen molar-refractivity contribution in [1.82, 2.24) is 0 Å². The highest BCUT2D eigenvalue weighted by molar-refractivity contribution is 6.31. The standard InChI is InChI=1S/C18H20ClFN2O2/c1-12(13-4-7-15(20)8-5-13)22(2)11-18(23)21-16-10-14(19)6-9-17(16)24-3/h4-10,12H,11H2,1-3H3,(H,21,23)/p+1/t12-/m0/s1. The number of hydrogen-bond acceptors (Lipinski definition) is 2. The second kappa shape index (κ2) is 8.13. The van der Waals surface area contributed by atoms with Crippen LogP contribution in [-0.4, -0.2) is 26.6 Å². The Hall–Kier alpha value is -2.11. The summed E-state index contributed by atoms with van der Waals surface area (Å²) in [6, 6.07) is 11.4. The van der Waals surface area contributed by atoms with Crippen LogP contribution in [0.5, 0.6) is 5.75 Å². The van der Waals surface area contributed by atoms with Gasteiger partial charge in [0.25, 0.3) is 5.91 Å². The molecule has 0 aliphatic rings. The fourth-order valence-corrected chi connectivity index (χ4v) is 2.59. The first-order valence-electron chi connectivity index (χ1n) is 7.62. The Kier molecular flexibility index (Phi) is 6.17. The van der Waals surface area contributed by atoms with E-state index in [-0.39, 0.29) is 24.3 Å². The number of benzene rings is 2. The summed E-state index contributed by atoms with van der Waals surface area (Å²) in [4.78, 5) is 13.3. The molecule has 0 fully saturated rings. The molecule has 0 spiro atoms. The zero-order chi connectivity index (χ0) is 17.7. The zero-order valence-corrected chi connectivity index (χ0v) is 14.7. The third-order valence-corrected chi connectivity index (χ3v) is 4.22. The van der Waals surface area contributed by atoms with Crippen LogP contribution in [0.25, 0.3) is 0 Å². The second-order valence-corrected chi connectivity index (χ2v) is 6.13. The van der Waals surface area contributed by atoms with Gasteiger partial charge in [-0.05, 0) is 37.3 Å². The van der Waals surface area contributed by atoms with Crippen LogP contribution in [0.1, 0.15) is 18.5 Å². The molecular formula is C18H21ClFN2O2+. The number of methoxy groups -OCH3 is 1. The average Bonchev–Trinajstić information content (AvgIpc) is 2.55. The second-order valence-electron chi connectivity index (χ2n) is 5.69. The smallest absolute Gasteiger partial charge is 0.279 e. The summed E-state index contributed by atoms with van der Waals surface area (Å²) >= 11 is 5.96. The van der Waals surface area contributed by atoms with Gasteiger partial charge in [0.05, 0.1) is 19.8 Å². The molecule has 2 atom stereocenters. The van der Waals surface area contributed by atoms with Crippen LogP contribution in [0.4, 0.5) is 10.1 Å². The highest BCUT2D eigenvalue weighted by atomic mass is 35.5. The summed E-state index contributed by atoms with van der Waals surface area (Å²) in [5, 5.41) is 3.34. The lowest BCUT2D eigenvalue weighted by molar-refractivity contribution is -0.902. The Bertz CT molecular complexity index is 707. The number of anilines is 1. The molecule has 128 valence electrons. The van der Waals surface area contributed by atoms with E-state index in [9.17, 15) is 9.18 Å². The lowest BCUT2D eigenvalue weighted by atomic mass is 10.1. The molecule has 2 N–H and O–H groups in total. The lowest BCUT2D eigenvalue weighted by Crippen LogP contribution is -3.10. The summed E-state index contributed by atoms with van der Waals surface area (Å²) in [7, 11) is 3.45. The first-order chi connectivity index (χ1) is 11.4. The molecule has 0 heterocycles. The topological polar surface area (TPSA) is 42.8 Å². The Morgan fingerprint density at radius 1 is 1.29 bits per heavy atom. The van der Waals surface area contributed by atoms with E-state index in [1.165, 1.54) is 19.2 Å². The molecule has 0 saturated carbocycles. The Labute approximate surface area is 146 Å². The van der Waals surface area contributed by atoms with Crippen molar-refractivity contribution < 1.29 is 18.8 Å². The quantitative estimate of drug-likeness (QED) is 0.840. The van der Waals surface area contributed by atoms with Gasteiger partial charge in [-0.2, -0.15) is 0 Å². The molecule has 6 heteroatoms. The highest BCUT2D eigenvalue weighted by Gasteiger charge is 2.19. The molecule has 0 aliphatic heterocycles. The van der Waals surface area contributed by atoms with E-state index < -0.39 is 0 Å². The molecule has 0 saturated heterocycles. The number of nitrogens with one attached hydrogen (secondary N) is 2. The van der Waals surface area contributed by atoms with Crippen molar-refractivity contribution >= 4 is 23.2 Å². The van der Waals surface area contributed by atoms with E-state index >= 15 is 0 Å². The summed E-state index contributed by atoms with van der Waals surface area (Å²) in [5.41, 5.74) is 1.51. The maximum atomic E-state index is 13.0. The largest absolute Gasteiger partial charge is 0.495 e. The summed E-state index contributed by atoms with van der Waals surface area (Å²) in [6.07, 6.45) is 0. The third-order valence-electron chi connectivity index (χ3n) is 3.98. The Morgan fingerprint density at radius 2 is 1.96 bits per heavy atom. The van der Waals surface area contributed by atoms with Gasteiger partial charge >= 0.3 is 0 Å². The number of ether oxygens (including phenoxy) is 1. The third kappa shape index (κ3) is 4.69. The SMILES string of the molecule is COc1ccc(Cl)cc1NC(=O)C[NH+](C)[C@@H](C)c1ccc(F)cc1. The average molecular weight is 352 g/mol. The van der Waals surface area contributed by atoms with Crippen molar-refractivity contribution in [2.45, 2.75) is 13.0 Å². The van der Waals surface area contributed by atoms with Gasteiger partial charge in [-0.15, -0.1) is 0 Å². The number of likely N-dealkylation sites (N-methyl/N-ethyl adjacent to an activating group) is 1. The van der Waals surface area contributed by atoms with Crippen molar-refractivity contribution in [3.8, 4) is 5.75 Å². The summed E-state index contributed by atoms with van der Waals surface area (Å²) < 4.78 is 18.2. The van der Waals surface area contributed by atoms with Gasteiger partial charge in [0.2, 0.25) is 0 Å². The molecule has 0 bridgehead atoms. The molecule has 0 aliphatic carbocycles. The van der Waals surface area contributed by atoms with Crippen LogP contribution in [0.15, 0.2) is 42.5 Å².